The smallest absolute Gasteiger partial charge is 0.243 e. The van der Waals surface area contributed by atoms with E-state index in [-0.39, 0.29) is 76.8 Å². The van der Waals surface area contributed by atoms with Gasteiger partial charge < -0.3 is 70.5 Å². The van der Waals surface area contributed by atoms with E-state index in [0.29, 0.717) is 24.0 Å². The fourth-order valence-electron chi connectivity index (χ4n) is 8.13. The van der Waals surface area contributed by atoms with Crippen LogP contribution in [0.2, 0.25) is 0 Å². The van der Waals surface area contributed by atoms with Gasteiger partial charge in [0, 0.05) is 56.4 Å². The molecule has 10 amide bonds. The molecule has 0 bridgehead atoms. The Morgan fingerprint density at radius 3 is 2.00 bits per heavy atom. The number of carbonyl (C=O) groups is 10. The molecule has 24 heteroatoms. The van der Waals surface area contributed by atoms with Crippen LogP contribution in [0.3, 0.4) is 0 Å². The number of aromatic amines is 1. The van der Waals surface area contributed by atoms with Gasteiger partial charge >= 0.3 is 0 Å². The van der Waals surface area contributed by atoms with Crippen LogP contribution in [0.25, 0.3) is 10.9 Å². The molecule has 2 aromatic carbocycles. The van der Waals surface area contributed by atoms with E-state index in [9.17, 15) is 47.9 Å². The number of benzene rings is 2. The van der Waals surface area contributed by atoms with Gasteiger partial charge in [-0.25, -0.2) is 0 Å². The fraction of sp³-hybridized carbons (Fsp3) is 0.490. The summed E-state index contributed by atoms with van der Waals surface area (Å²) < 4.78 is 0. The molecule has 7 atom stereocenters. The fourth-order valence-corrected chi connectivity index (χ4v) is 8.13. The van der Waals surface area contributed by atoms with E-state index in [2.05, 4.69) is 52.5 Å². The van der Waals surface area contributed by atoms with Crippen molar-refractivity contribution in [3.8, 4) is 0 Å². The number of carbonyl (C=O) groups excluding carboxylic acids is 10. The Hall–Kier alpha value is -8.05. The number of rotatable bonds is 18. The summed E-state index contributed by atoms with van der Waals surface area (Å²) in [7, 11) is 0. The van der Waals surface area contributed by atoms with Crippen LogP contribution in [0.4, 0.5) is 0 Å². The van der Waals surface area contributed by atoms with Crippen LogP contribution in [-0.2, 0) is 60.8 Å². The lowest BCUT2D eigenvalue weighted by molar-refractivity contribution is -0.136. The van der Waals surface area contributed by atoms with Gasteiger partial charge in [-0.05, 0) is 62.1 Å². The maximum atomic E-state index is 14.6. The minimum Gasteiger partial charge on any atom is -0.370 e. The number of nitrogens with two attached hydrogens (primary N) is 4. The van der Waals surface area contributed by atoms with Crippen LogP contribution < -0.4 is 65.5 Å². The highest BCUT2D eigenvalue weighted by atomic mass is 16.2. The first-order valence-electron chi connectivity index (χ1n) is 24.4. The first kappa shape index (κ1) is 57.5. The first-order chi connectivity index (χ1) is 34.8. The molecule has 17 N–H and O–H groups in total. The third kappa shape index (κ3) is 19.6. The molecular formula is C49H70N14O10. The van der Waals surface area contributed by atoms with E-state index in [1.165, 1.54) is 6.92 Å². The zero-order valence-electron chi connectivity index (χ0n) is 41.3. The Bertz CT molecular complexity index is 2440. The molecule has 1 saturated heterocycles. The van der Waals surface area contributed by atoms with Crippen molar-refractivity contribution in [1.29, 1.82) is 0 Å². The SMILES string of the molecule is CCCC[C@H](NC(C)=O)C(=O)NC1CC(=O)NCCCC[C@@H](C(N)=O)NC(=O)[C@H](Cc2c[nH]c3ccccc23)NC(=O)[C@H](CCCN=C(N)N)NC(=O)[C@@H](Cc2ccccc2)NC(=O)C(CCC(N)=O)NC1=O. The van der Waals surface area contributed by atoms with Crippen molar-refractivity contribution < 1.29 is 47.9 Å². The summed E-state index contributed by atoms with van der Waals surface area (Å²) in [6, 6.07) is 6.10. The number of fused-ring (bicyclic) bond motifs is 1. The van der Waals surface area contributed by atoms with Gasteiger partial charge in [-0.1, -0.05) is 68.3 Å². The molecule has 1 fully saturated rings. The number of primary amides is 2. The largest absolute Gasteiger partial charge is 0.370 e. The third-order valence-corrected chi connectivity index (χ3v) is 12.0. The Morgan fingerprint density at radius 2 is 1.34 bits per heavy atom. The van der Waals surface area contributed by atoms with E-state index in [0.717, 1.165) is 10.9 Å². The predicted molar refractivity (Wildman–Crippen MR) is 270 cm³/mol. The number of unbranched alkanes of at least 4 members (excludes halogenated alkanes) is 1. The summed E-state index contributed by atoms with van der Waals surface area (Å²) in [6.45, 7) is 3.16. The molecule has 73 heavy (non-hydrogen) atoms. The van der Waals surface area contributed by atoms with Crippen LogP contribution in [0.1, 0.15) is 95.6 Å². The van der Waals surface area contributed by atoms with Gasteiger partial charge in [-0.3, -0.25) is 52.9 Å². The molecule has 0 spiro atoms. The topological polar surface area (TPSA) is 399 Å². The third-order valence-electron chi connectivity index (χ3n) is 12.0. The molecule has 1 aliphatic rings. The average Bonchev–Trinajstić information content (AvgIpc) is 3.75. The maximum Gasteiger partial charge on any atom is 0.243 e. The number of nitrogens with zero attached hydrogens (tertiary/aromatic N) is 1. The second-order valence-electron chi connectivity index (χ2n) is 17.9. The van der Waals surface area contributed by atoms with Crippen LogP contribution in [0, 0.1) is 0 Å². The zero-order chi connectivity index (χ0) is 53.5. The van der Waals surface area contributed by atoms with Gasteiger partial charge in [0.1, 0.15) is 42.3 Å². The second-order valence-corrected chi connectivity index (χ2v) is 17.9. The summed E-state index contributed by atoms with van der Waals surface area (Å²) >= 11 is 0. The molecule has 1 aliphatic heterocycles. The van der Waals surface area contributed by atoms with E-state index in [1.54, 1.807) is 42.6 Å². The number of para-hydroxylation sites is 1. The zero-order valence-corrected chi connectivity index (χ0v) is 41.3. The molecule has 0 aliphatic carbocycles. The molecule has 0 radical (unpaired) electrons. The summed E-state index contributed by atoms with van der Waals surface area (Å²) in [4.78, 5) is 143. The van der Waals surface area contributed by atoms with Crippen LogP contribution >= 0.6 is 0 Å². The maximum absolute atomic E-state index is 14.6. The second kappa shape index (κ2) is 29.3. The van der Waals surface area contributed by atoms with Crippen molar-refractivity contribution in [2.24, 2.45) is 27.9 Å². The van der Waals surface area contributed by atoms with E-state index in [4.69, 9.17) is 22.9 Å². The molecule has 1 aromatic heterocycles. The summed E-state index contributed by atoms with van der Waals surface area (Å²) in [6.07, 6.45) is 1.99. The first-order valence-corrected chi connectivity index (χ1v) is 24.4. The van der Waals surface area contributed by atoms with Crippen molar-refractivity contribution in [1.82, 2.24) is 47.5 Å². The van der Waals surface area contributed by atoms with Crippen molar-refractivity contribution >= 4 is 75.9 Å². The molecule has 24 nitrogen and oxygen atoms in total. The van der Waals surface area contributed by atoms with Crippen molar-refractivity contribution in [3.63, 3.8) is 0 Å². The molecule has 2 unspecified atom stereocenters. The van der Waals surface area contributed by atoms with Gasteiger partial charge in [0.2, 0.25) is 59.1 Å². The highest BCUT2D eigenvalue weighted by Crippen LogP contribution is 2.20. The Morgan fingerprint density at radius 1 is 0.726 bits per heavy atom. The van der Waals surface area contributed by atoms with Crippen molar-refractivity contribution in [3.05, 3.63) is 71.9 Å². The Balaban J connectivity index is 1.79. The minimum absolute atomic E-state index is 0.0167. The summed E-state index contributed by atoms with van der Waals surface area (Å²) in [5.74, 6) is -8.37. The van der Waals surface area contributed by atoms with Gasteiger partial charge in [-0.2, -0.15) is 0 Å². The lowest BCUT2D eigenvalue weighted by Gasteiger charge is -2.28. The van der Waals surface area contributed by atoms with E-state index in [1.807, 2.05) is 25.1 Å². The monoisotopic (exact) mass is 1010 g/mol. The average molecular weight is 1020 g/mol. The molecule has 0 saturated carbocycles. The number of nitrogens with one attached hydrogen (secondary N) is 9. The van der Waals surface area contributed by atoms with Crippen LogP contribution in [0.15, 0.2) is 65.8 Å². The highest BCUT2D eigenvalue weighted by Gasteiger charge is 2.35. The quantitative estimate of drug-likeness (QED) is 0.0376. The van der Waals surface area contributed by atoms with Gasteiger partial charge in [0.25, 0.3) is 0 Å². The number of amides is 10. The van der Waals surface area contributed by atoms with E-state index >= 15 is 0 Å². The number of aliphatic imine (C=N–C) groups is 1. The predicted octanol–water partition coefficient (Wildman–Crippen LogP) is -1.95. The molecule has 3 aromatic rings. The minimum atomic E-state index is -1.64. The number of H-pyrrole nitrogens is 1. The lowest BCUT2D eigenvalue weighted by Crippen LogP contribution is -2.60. The van der Waals surface area contributed by atoms with Gasteiger partial charge in [-0.15, -0.1) is 0 Å². The summed E-state index contributed by atoms with van der Waals surface area (Å²) in [5, 5.41) is 21.8. The lowest BCUT2D eigenvalue weighted by atomic mass is 10.0. The molecule has 396 valence electrons. The van der Waals surface area contributed by atoms with Gasteiger partial charge in [0.15, 0.2) is 5.96 Å². The molecule has 4 rings (SSSR count). The number of aromatic nitrogens is 1. The standard InChI is InChI=1S/C49H70N14O10/c1-3-4-16-34(57-28(2)64)43(68)63-39-26-41(66)54-22-11-10-18-33(42(51)67)58-47(72)38(25-30-27-56-32-17-9-8-15-31(30)32)62-44(69)35(19-12-23-55-49(52)53)59-46(71)37(24-29-13-6-5-7-14-29)61-45(70)36(60-48(39)73)20-21-40(50)65/h5-9,13-15,17,27,33-39,56H,3-4,10-12,16,18-26H2,1-2H3,(H2,50,65)(H2,51,67)(H,54,66)(H,57,64)(H,58,72)(H,59,71)(H,60,73)(H,61,70)(H,62,69)(H,63,68)(H4,52,53,55)/t33-,34-,35-,36?,37+,38-,39?/m0/s1. The number of hydrogen-bond donors (Lipinski definition) is 13. The van der Waals surface area contributed by atoms with Crippen molar-refractivity contribution in [2.75, 3.05) is 13.1 Å². The number of guanidine groups is 1. The van der Waals surface area contributed by atoms with Crippen LogP contribution in [-0.4, -0.2) is 125 Å². The van der Waals surface area contributed by atoms with E-state index < -0.39 is 114 Å². The molecule has 2 heterocycles. The highest BCUT2D eigenvalue weighted by molar-refractivity contribution is 5.99. The van der Waals surface area contributed by atoms with Crippen LogP contribution in [0.5, 0.6) is 0 Å². The van der Waals surface area contributed by atoms with Crippen molar-refractivity contribution in [2.45, 2.75) is 140 Å². The van der Waals surface area contributed by atoms with Gasteiger partial charge in [0.05, 0.1) is 6.42 Å². The number of hydrogen-bond acceptors (Lipinski definition) is 11. The normalized spacial score (nSPS) is 21.4. The summed E-state index contributed by atoms with van der Waals surface area (Å²) in [5.41, 5.74) is 24.3. The Kier molecular flexibility index (Phi) is 23.1. The molecular weight excluding hydrogens is 945 g/mol. The Labute approximate surface area is 422 Å².